The van der Waals surface area contributed by atoms with Gasteiger partial charge in [-0.3, -0.25) is 9.69 Å². The summed E-state index contributed by atoms with van der Waals surface area (Å²) in [4.78, 5) is 18.1. The lowest BCUT2D eigenvalue weighted by atomic mass is 10.1. The van der Waals surface area contributed by atoms with Crippen LogP contribution >= 0.6 is 0 Å². The molecule has 0 spiro atoms. The van der Waals surface area contributed by atoms with Crippen molar-refractivity contribution in [3.05, 3.63) is 117 Å². The van der Waals surface area contributed by atoms with E-state index in [1.54, 1.807) is 23.9 Å². The number of ether oxygens (including phenoxy) is 1. The molecule has 9 heteroatoms. The summed E-state index contributed by atoms with van der Waals surface area (Å²) < 4.78 is 20.6. The first kappa shape index (κ1) is 24.3. The van der Waals surface area contributed by atoms with E-state index in [1.165, 1.54) is 12.1 Å². The summed E-state index contributed by atoms with van der Waals surface area (Å²) in [6, 6.07) is 22.0. The number of hydrogen-bond donors (Lipinski definition) is 1. The monoisotopic (exact) mass is 498 g/mol. The molecule has 5 rings (SSSR count). The largest absolute Gasteiger partial charge is 0.496 e. The highest BCUT2D eigenvalue weighted by atomic mass is 19.1. The maximum absolute atomic E-state index is 13.4. The number of rotatable bonds is 9. The molecule has 0 radical (unpaired) electrons. The molecule has 0 atom stereocenters. The zero-order chi connectivity index (χ0) is 25.8. The van der Waals surface area contributed by atoms with Crippen LogP contribution < -0.4 is 10.3 Å². The summed E-state index contributed by atoms with van der Waals surface area (Å²) in [6.07, 6.45) is 0. The first-order valence-electron chi connectivity index (χ1n) is 11.9. The van der Waals surface area contributed by atoms with Gasteiger partial charge in [-0.05, 0) is 64.7 Å². The molecule has 0 aliphatic carbocycles. The van der Waals surface area contributed by atoms with Crippen molar-refractivity contribution in [1.29, 1.82) is 0 Å². The summed E-state index contributed by atoms with van der Waals surface area (Å²) in [5.74, 6) is 1.10. The number of fused-ring (bicyclic) bond motifs is 1. The zero-order valence-electron chi connectivity index (χ0n) is 20.7. The molecule has 0 amide bonds. The minimum absolute atomic E-state index is 0.132. The Morgan fingerprint density at radius 3 is 2.57 bits per heavy atom. The topological polar surface area (TPSA) is 88.9 Å². The van der Waals surface area contributed by atoms with Crippen molar-refractivity contribution in [2.75, 3.05) is 7.11 Å². The van der Waals surface area contributed by atoms with Gasteiger partial charge in [-0.1, -0.05) is 42.0 Å². The Bertz CT molecular complexity index is 1580. The Morgan fingerprint density at radius 2 is 1.76 bits per heavy atom. The quantitative estimate of drug-likeness (QED) is 0.327. The van der Waals surface area contributed by atoms with Crippen LogP contribution in [0.3, 0.4) is 0 Å². The molecule has 0 aliphatic rings. The minimum atomic E-state index is -0.292. The molecule has 0 bridgehead atoms. The molecular formula is C28H27FN6O2. The molecule has 5 aromatic rings. The summed E-state index contributed by atoms with van der Waals surface area (Å²) in [5.41, 5.74) is 4.30. The van der Waals surface area contributed by atoms with Crippen LogP contribution in [0.15, 0.2) is 77.6 Å². The molecule has 2 heterocycles. The molecule has 188 valence electrons. The molecule has 0 unspecified atom stereocenters. The van der Waals surface area contributed by atoms with Gasteiger partial charge < -0.3 is 9.72 Å². The van der Waals surface area contributed by atoms with E-state index in [2.05, 4.69) is 31.5 Å². The molecule has 0 aliphatic heterocycles. The van der Waals surface area contributed by atoms with Crippen LogP contribution in [0, 0.1) is 12.7 Å². The standard InChI is InChI=1S/C28H27FN6O2/c1-19-7-12-25-22(13-19)14-23(28(36)30-25)17-34(16-21-5-3-4-6-26(21)37-2)18-27-31-32-33-35(27)15-20-8-10-24(29)11-9-20/h3-14H,15-18H2,1-2H3,(H,30,36). The highest BCUT2D eigenvalue weighted by molar-refractivity contribution is 5.79. The van der Waals surface area contributed by atoms with Crippen molar-refractivity contribution in [3.8, 4) is 5.75 Å². The number of aryl methyl sites for hydroxylation is 1. The summed E-state index contributed by atoms with van der Waals surface area (Å²) >= 11 is 0. The van der Waals surface area contributed by atoms with Crippen LogP contribution in [0.5, 0.6) is 5.75 Å². The highest BCUT2D eigenvalue weighted by Crippen LogP contribution is 2.22. The smallest absolute Gasteiger partial charge is 0.252 e. The van der Waals surface area contributed by atoms with Gasteiger partial charge in [0.15, 0.2) is 5.82 Å². The van der Waals surface area contributed by atoms with Crippen LogP contribution in [0.1, 0.15) is 28.1 Å². The Balaban J connectivity index is 1.46. The Labute approximate surface area is 213 Å². The van der Waals surface area contributed by atoms with Crippen LogP contribution in [-0.2, 0) is 26.2 Å². The third-order valence-electron chi connectivity index (χ3n) is 6.27. The molecule has 3 aromatic carbocycles. The lowest BCUT2D eigenvalue weighted by molar-refractivity contribution is 0.232. The van der Waals surface area contributed by atoms with Gasteiger partial charge in [0, 0.05) is 29.7 Å². The van der Waals surface area contributed by atoms with E-state index in [4.69, 9.17) is 4.74 Å². The number of aromatic nitrogens is 5. The Hall–Kier alpha value is -4.37. The van der Waals surface area contributed by atoms with Gasteiger partial charge in [-0.2, -0.15) is 0 Å². The van der Waals surface area contributed by atoms with Crippen molar-refractivity contribution in [1.82, 2.24) is 30.1 Å². The normalized spacial score (nSPS) is 11.4. The predicted molar refractivity (Wildman–Crippen MR) is 139 cm³/mol. The van der Waals surface area contributed by atoms with E-state index < -0.39 is 0 Å². The summed E-state index contributed by atoms with van der Waals surface area (Å²) in [5, 5.41) is 13.2. The van der Waals surface area contributed by atoms with Gasteiger partial charge in [0.05, 0.1) is 20.2 Å². The molecule has 1 N–H and O–H groups in total. The van der Waals surface area contributed by atoms with Crippen LogP contribution in [-0.4, -0.2) is 37.2 Å². The first-order chi connectivity index (χ1) is 18.0. The number of H-pyrrole nitrogens is 1. The van der Waals surface area contributed by atoms with Crippen LogP contribution in [0.4, 0.5) is 4.39 Å². The Kier molecular flexibility index (Phi) is 7.04. The number of methoxy groups -OCH3 is 1. The fourth-order valence-corrected chi connectivity index (χ4v) is 4.39. The number of benzene rings is 3. The van der Waals surface area contributed by atoms with Crippen molar-refractivity contribution in [3.63, 3.8) is 0 Å². The predicted octanol–water partition coefficient (Wildman–Crippen LogP) is 4.22. The highest BCUT2D eigenvalue weighted by Gasteiger charge is 2.17. The number of halogens is 1. The fourth-order valence-electron chi connectivity index (χ4n) is 4.39. The molecular weight excluding hydrogens is 471 g/mol. The zero-order valence-corrected chi connectivity index (χ0v) is 20.7. The van der Waals surface area contributed by atoms with E-state index in [-0.39, 0.29) is 11.4 Å². The molecule has 0 saturated heterocycles. The van der Waals surface area contributed by atoms with Gasteiger partial charge in [0.1, 0.15) is 11.6 Å². The van der Waals surface area contributed by atoms with Gasteiger partial charge in [0.2, 0.25) is 0 Å². The number of nitrogens with zero attached hydrogens (tertiary/aromatic N) is 5. The fraction of sp³-hybridized carbons (Fsp3) is 0.214. The van der Waals surface area contributed by atoms with Crippen molar-refractivity contribution in [2.24, 2.45) is 0 Å². The average Bonchev–Trinajstić information content (AvgIpc) is 3.32. The number of aromatic amines is 1. The second-order valence-electron chi connectivity index (χ2n) is 9.05. The van der Waals surface area contributed by atoms with E-state index in [1.807, 2.05) is 49.4 Å². The molecule has 2 aromatic heterocycles. The van der Waals surface area contributed by atoms with E-state index in [0.717, 1.165) is 33.3 Å². The van der Waals surface area contributed by atoms with Crippen LogP contribution in [0.25, 0.3) is 10.9 Å². The van der Waals surface area contributed by atoms with Gasteiger partial charge >= 0.3 is 0 Å². The van der Waals surface area contributed by atoms with Crippen molar-refractivity contribution < 1.29 is 9.13 Å². The third-order valence-corrected chi connectivity index (χ3v) is 6.27. The first-order valence-corrected chi connectivity index (χ1v) is 11.9. The maximum Gasteiger partial charge on any atom is 0.252 e. The second-order valence-corrected chi connectivity index (χ2v) is 9.05. The number of tetrazole rings is 1. The Morgan fingerprint density at radius 1 is 0.973 bits per heavy atom. The third kappa shape index (κ3) is 5.73. The van der Waals surface area contributed by atoms with E-state index in [0.29, 0.717) is 37.6 Å². The van der Waals surface area contributed by atoms with E-state index >= 15 is 0 Å². The second kappa shape index (κ2) is 10.7. The van der Waals surface area contributed by atoms with E-state index in [9.17, 15) is 9.18 Å². The lowest BCUT2D eigenvalue weighted by Crippen LogP contribution is -2.28. The average molecular weight is 499 g/mol. The van der Waals surface area contributed by atoms with Gasteiger partial charge in [-0.15, -0.1) is 5.10 Å². The summed E-state index contributed by atoms with van der Waals surface area (Å²) in [6.45, 7) is 3.71. The van der Waals surface area contributed by atoms with Gasteiger partial charge in [0.25, 0.3) is 5.56 Å². The number of para-hydroxylation sites is 1. The SMILES string of the molecule is COc1ccccc1CN(Cc1cc2cc(C)ccc2[nH]c1=O)Cc1nnnn1Cc1ccc(F)cc1. The number of nitrogens with one attached hydrogen (secondary N) is 1. The molecule has 0 fully saturated rings. The lowest BCUT2D eigenvalue weighted by Gasteiger charge is -2.23. The number of pyridine rings is 1. The maximum atomic E-state index is 13.4. The minimum Gasteiger partial charge on any atom is -0.496 e. The van der Waals surface area contributed by atoms with Crippen molar-refractivity contribution >= 4 is 10.9 Å². The molecule has 37 heavy (non-hydrogen) atoms. The number of hydrogen-bond acceptors (Lipinski definition) is 6. The molecule has 0 saturated carbocycles. The summed E-state index contributed by atoms with van der Waals surface area (Å²) in [7, 11) is 1.64. The molecule has 8 nitrogen and oxygen atoms in total. The van der Waals surface area contributed by atoms with Crippen LogP contribution in [0.2, 0.25) is 0 Å². The van der Waals surface area contributed by atoms with Gasteiger partial charge in [-0.25, -0.2) is 9.07 Å². The van der Waals surface area contributed by atoms with Crippen molar-refractivity contribution in [2.45, 2.75) is 33.1 Å².